The van der Waals surface area contributed by atoms with E-state index in [0.29, 0.717) is 38.1 Å². The Bertz CT molecular complexity index is 434. The van der Waals surface area contributed by atoms with Gasteiger partial charge in [-0.1, -0.05) is 5.16 Å². The number of carboxylic acid groups (broad SMARTS) is 1. The van der Waals surface area contributed by atoms with Crippen LogP contribution in [0.2, 0.25) is 0 Å². The Labute approximate surface area is 109 Å². The third kappa shape index (κ3) is 3.94. The van der Waals surface area contributed by atoms with Crippen molar-refractivity contribution in [3.63, 3.8) is 0 Å². The standard InChI is InChI=1S/C11H16N4O4/c16-10(17)7-1-2-8(5-7)14-11(18)12-4-3-9-13-6-19-15-9/h6-8H,1-5H2,(H,16,17)(H2,12,14,18). The number of carboxylic acids is 1. The summed E-state index contributed by atoms with van der Waals surface area (Å²) in [5.74, 6) is -0.599. The molecule has 1 heterocycles. The van der Waals surface area contributed by atoms with Crippen molar-refractivity contribution in [1.29, 1.82) is 0 Å². The smallest absolute Gasteiger partial charge is 0.315 e. The molecule has 1 saturated carbocycles. The van der Waals surface area contributed by atoms with E-state index in [1.807, 2.05) is 0 Å². The first-order valence-electron chi connectivity index (χ1n) is 6.17. The number of aliphatic carboxylic acids is 1. The molecule has 2 atom stereocenters. The molecule has 8 heteroatoms. The molecule has 3 N–H and O–H groups in total. The summed E-state index contributed by atoms with van der Waals surface area (Å²) in [5, 5.41) is 17.9. The van der Waals surface area contributed by atoms with E-state index in [-0.39, 0.29) is 18.0 Å². The second kappa shape index (κ2) is 6.17. The molecule has 104 valence electrons. The summed E-state index contributed by atoms with van der Waals surface area (Å²) in [6, 6.07) is -0.356. The van der Waals surface area contributed by atoms with Gasteiger partial charge in [-0.05, 0) is 19.3 Å². The van der Waals surface area contributed by atoms with Crippen molar-refractivity contribution in [2.75, 3.05) is 6.54 Å². The maximum absolute atomic E-state index is 11.6. The zero-order chi connectivity index (χ0) is 13.7. The Balaban J connectivity index is 1.63. The maximum Gasteiger partial charge on any atom is 0.315 e. The molecular weight excluding hydrogens is 252 g/mol. The molecule has 1 fully saturated rings. The van der Waals surface area contributed by atoms with Gasteiger partial charge in [0.15, 0.2) is 5.82 Å². The van der Waals surface area contributed by atoms with Gasteiger partial charge in [0, 0.05) is 19.0 Å². The monoisotopic (exact) mass is 268 g/mol. The van der Waals surface area contributed by atoms with E-state index in [4.69, 9.17) is 5.11 Å². The number of hydrogen-bond donors (Lipinski definition) is 3. The molecule has 2 rings (SSSR count). The summed E-state index contributed by atoms with van der Waals surface area (Å²) >= 11 is 0. The number of carbonyl (C=O) groups excluding carboxylic acids is 1. The van der Waals surface area contributed by atoms with Crippen LogP contribution in [0.4, 0.5) is 4.79 Å². The normalized spacial score (nSPS) is 22.1. The number of amides is 2. The molecule has 2 unspecified atom stereocenters. The third-order valence-corrected chi connectivity index (χ3v) is 3.16. The van der Waals surface area contributed by atoms with E-state index in [1.165, 1.54) is 6.39 Å². The Hall–Kier alpha value is -2.12. The van der Waals surface area contributed by atoms with Crippen LogP contribution in [0.25, 0.3) is 0 Å². The van der Waals surface area contributed by atoms with Crippen molar-refractivity contribution in [2.45, 2.75) is 31.7 Å². The van der Waals surface area contributed by atoms with Gasteiger partial charge in [-0.3, -0.25) is 4.79 Å². The van der Waals surface area contributed by atoms with Crippen LogP contribution in [0.3, 0.4) is 0 Å². The first-order valence-corrected chi connectivity index (χ1v) is 6.17. The molecule has 0 saturated heterocycles. The van der Waals surface area contributed by atoms with Crippen LogP contribution in [0.5, 0.6) is 0 Å². The first-order chi connectivity index (χ1) is 9.15. The van der Waals surface area contributed by atoms with Gasteiger partial charge in [-0.15, -0.1) is 0 Å². The van der Waals surface area contributed by atoms with Gasteiger partial charge in [-0.25, -0.2) is 4.79 Å². The fourth-order valence-electron chi connectivity index (χ4n) is 2.16. The van der Waals surface area contributed by atoms with Crippen molar-refractivity contribution in [3.05, 3.63) is 12.2 Å². The van der Waals surface area contributed by atoms with Gasteiger partial charge >= 0.3 is 12.0 Å². The van der Waals surface area contributed by atoms with Crippen molar-refractivity contribution < 1.29 is 19.2 Å². The van der Waals surface area contributed by atoms with E-state index >= 15 is 0 Å². The minimum atomic E-state index is -0.790. The predicted octanol–water partition coefficient (Wildman–Crippen LogP) is 0.165. The lowest BCUT2D eigenvalue weighted by atomic mass is 10.1. The molecule has 1 aliphatic carbocycles. The minimum Gasteiger partial charge on any atom is -0.481 e. The number of urea groups is 1. The molecule has 19 heavy (non-hydrogen) atoms. The zero-order valence-corrected chi connectivity index (χ0v) is 10.3. The Morgan fingerprint density at radius 1 is 1.47 bits per heavy atom. The highest BCUT2D eigenvalue weighted by Crippen LogP contribution is 2.25. The van der Waals surface area contributed by atoms with Crippen molar-refractivity contribution >= 4 is 12.0 Å². The average molecular weight is 268 g/mol. The molecule has 1 aliphatic rings. The summed E-state index contributed by atoms with van der Waals surface area (Å²) in [5.41, 5.74) is 0. The number of rotatable bonds is 5. The van der Waals surface area contributed by atoms with Crippen LogP contribution in [0.15, 0.2) is 10.9 Å². The van der Waals surface area contributed by atoms with Crippen molar-refractivity contribution in [1.82, 2.24) is 20.8 Å². The summed E-state index contributed by atoms with van der Waals surface area (Å²) in [4.78, 5) is 26.2. The van der Waals surface area contributed by atoms with E-state index in [1.54, 1.807) is 0 Å². The third-order valence-electron chi connectivity index (χ3n) is 3.16. The van der Waals surface area contributed by atoms with E-state index in [2.05, 4.69) is 25.3 Å². The molecule has 8 nitrogen and oxygen atoms in total. The highest BCUT2D eigenvalue weighted by atomic mass is 16.5. The van der Waals surface area contributed by atoms with E-state index in [9.17, 15) is 9.59 Å². The van der Waals surface area contributed by atoms with Crippen LogP contribution in [0, 0.1) is 5.92 Å². The summed E-state index contributed by atoms with van der Waals surface area (Å²) < 4.78 is 4.57. The van der Waals surface area contributed by atoms with Gasteiger partial charge in [0.1, 0.15) is 0 Å². The molecule has 2 amide bonds. The van der Waals surface area contributed by atoms with Gasteiger partial charge in [0.2, 0.25) is 6.39 Å². The fraction of sp³-hybridized carbons (Fsp3) is 0.636. The molecule has 0 bridgehead atoms. The lowest BCUT2D eigenvalue weighted by Gasteiger charge is -2.12. The quantitative estimate of drug-likeness (QED) is 0.700. The number of nitrogens with one attached hydrogen (secondary N) is 2. The predicted molar refractivity (Wildman–Crippen MR) is 63.3 cm³/mol. The van der Waals surface area contributed by atoms with E-state index in [0.717, 1.165) is 0 Å². The molecular formula is C11H16N4O4. The molecule has 1 aromatic rings. The fourth-order valence-corrected chi connectivity index (χ4v) is 2.16. The van der Waals surface area contributed by atoms with E-state index < -0.39 is 5.97 Å². The lowest BCUT2D eigenvalue weighted by molar-refractivity contribution is -0.141. The van der Waals surface area contributed by atoms with Gasteiger partial charge in [0.25, 0.3) is 0 Å². The van der Waals surface area contributed by atoms with Crippen molar-refractivity contribution in [2.24, 2.45) is 5.92 Å². The Kier molecular flexibility index (Phi) is 4.32. The van der Waals surface area contributed by atoms with Crippen LogP contribution in [0.1, 0.15) is 25.1 Å². The Morgan fingerprint density at radius 2 is 2.32 bits per heavy atom. The molecule has 1 aromatic heterocycles. The SMILES string of the molecule is O=C(NCCc1ncon1)NC1CCC(C(=O)O)C1. The van der Waals surface area contributed by atoms with Crippen LogP contribution < -0.4 is 10.6 Å². The van der Waals surface area contributed by atoms with Crippen LogP contribution >= 0.6 is 0 Å². The van der Waals surface area contributed by atoms with Crippen LogP contribution in [-0.2, 0) is 11.2 Å². The first kappa shape index (κ1) is 13.3. The van der Waals surface area contributed by atoms with Gasteiger partial charge in [0.05, 0.1) is 5.92 Å². The highest BCUT2D eigenvalue weighted by molar-refractivity contribution is 5.75. The second-order valence-corrected chi connectivity index (χ2v) is 4.54. The summed E-state index contributed by atoms with van der Waals surface area (Å²) in [7, 11) is 0. The Morgan fingerprint density at radius 3 is 2.95 bits per heavy atom. The molecule has 0 radical (unpaired) electrons. The highest BCUT2D eigenvalue weighted by Gasteiger charge is 2.30. The number of hydrogen-bond acceptors (Lipinski definition) is 5. The molecule has 0 aromatic carbocycles. The number of carbonyl (C=O) groups is 2. The minimum absolute atomic E-state index is 0.0636. The summed E-state index contributed by atoms with van der Waals surface area (Å²) in [6.07, 6.45) is 3.54. The lowest BCUT2D eigenvalue weighted by Crippen LogP contribution is -2.42. The number of aromatic nitrogens is 2. The average Bonchev–Trinajstić information content (AvgIpc) is 3.00. The number of nitrogens with zero attached hydrogens (tertiary/aromatic N) is 2. The zero-order valence-electron chi connectivity index (χ0n) is 10.3. The largest absolute Gasteiger partial charge is 0.481 e. The maximum atomic E-state index is 11.6. The van der Waals surface area contributed by atoms with Crippen molar-refractivity contribution in [3.8, 4) is 0 Å². The second-order valence-electron chi connectivity index (χ2n) is 4.54. The van der Waals surface area contributed by atoms with Gasteiger partial charge in [-0.2, -0.15) is 4.98 Å². The topological polar surface area (TPSA) is 117 Å². The summed E-state index contributed by atoms with van der Waals surface area (Å²) in [6.45, 7) is 0.403. The van der Waals surface area contributed by atoms with Gasteiger partial charge < -0.3 is 20.3 Å². The molecule has 0 spiro atoms. The molecule has 0 aliphatic heterocycles. The van der Waals surface area contributed by atoms with Crippen LogP contribution in [-0.4, -0.2) is 39.8 Å².